The van der Waals surface area contributed by atoms with Crippen LogP contribution in [0.2, 0.25) is 0 Å². The van der Waals surface area contributed by atoms with Gasteiger partial charge in [-0.25, -0.2) is 0 Å². The fraction of sp³-hybridized carbons (Fsp3) is 0.923. The van der Waals surface area contributed by atoms with Crippen LogP contribution in [0.1, 0.15) is 46.0 Å². The van der Waals surface area contributed by atoms with E-state index in [1.807, 2.05) is 0 Å². The molecule has 2 N–H and O–H groups in total. The molecule has 1 atom stereocenters. The zero-order chi connectivity index (χ0) is 12.7. The van der Waals surface area contributed by atoms with E-state index in [9.17, 15) is 4.79 Å². The average Bonchev–Trinajstić information content (AvgIpc) is 3.11. The molecule has 0 heterocycles. The second-order valence-electron chi connectivity index (χ2n) is 4.90. The molecule has 4 nitrogen and oxygen atoms in total. The number of rotatable bonds is 10. The number of nitrogens with one attached hydrogen (secondary N) is 1. The Morgan fingerprint density at radius 1 is 1.35 bits per heavy atom. The molecule has 0 aromatic heterocycles. The van der Waals surface area contributed by atoms with Crippen LogP contribution in [-0.4, -0.2) is 47.7 Å². The molecule has 1 rings (SSSR count). The maximum absolute atomic E-state index is 11.1. The van der Waals surface area contributed by atoms with Gasteiger partial charge in [-0.1, -0.05) is 13.8 Å². The molecule has 4 heteroatoms. The molecule has 0 aliphatic heterocycles. The minimum atomic E-state index is -0.717. The van der Waals surface area contributed by atoms with Gasteiger partial charge < -0.3 is 15.3 Å². The highest BCUT2D eigenvalue weighted by molar-refractivity contribution is 5.73. The predicted molar refractivity (Wildman–Crippen MR) is 69.2 cm³/mol. The summed E-state index contributed by atoms with van der Waals surface area (Å²) in [7, 11) is 0. The number of carboxylic acids is 1. The number of hydrogen-bond acceptors (Lipinski definition) is 3. The lowest BCUT2D eigenvalue weighted by Crippen LogP contribution is -2.40. The number of carboxylic acid groups (broad SMARTS) is 1. The van der Waals surface area contributed by atoms with Crippen LogP contribution in [0.5, 0.6) is 0 Å². The van der Waals surface area contributed by atoms with E-state index in [4.69, 9.17) is 5.11 Å². The Kier molecular flexibility index (Phi) is 6.52. The minimum absolute atomic E-state index is 0.381. The Labute approximate surface area is 104 Å². The smallest absolute Gasteiger partial charge is 0.320 e. The van der Waals surface area contributed by atoms with Crippen molar-refractivity contribution in [3.63, 3.8) is 0 Å². The molecule has 1 aliphatic rings. The molecule has 17 heavy (non-hydrogen) atoms. The molecule has 0 radical (unpaired) electrons. The largest absolute Gasteiger partial charge is 0.480 e. The fourth-order valence-corrected chi connectivity index (χ4v) is 2.13. The topological polar surface area (TPSA) is 52.6 Å². The van der Waals surface area contributed by atoms with Crippen molar-refractivity contribution in [1.82, 2.24) is 10.2 Å². The van der Waals surface area contributed by atoms with Crippen molar-refractivity contribution in [2.75, 3.05) is 19.6 Å². The Morgan fingerprint density at radius 2 is 2.06 bits per heavy atom. The minimum Gasteiger partial charge on any atom is -0.480 e. The molecule has 1 unspecified atom stereocenters. The van der Waals surface area contributed by atoms with Crippen molar-refractivity contribution in [2.24, 2.45) is 0 Å². The first-order valence-corrected chi connectivity index (χ1v) is 6.89. The van der Waals surface area contributed by atoms with Gasteiger partial charge in [0.2, 0.25) is 0 Å². The van der Waals surface area contributed by atoms with Gasteiger partial charge in [-0.15, -0.1) is 0 Å². The van der Waals surface area contributed by atoms with Gasteiger partial charge in [0, 0.05) is 12.6 Å². The van der Waals surface area contributed by atoms with Crippen molar-refractivity contribution in [1.29, 1.82) is 0 Å². The zero-order valence-electron chi connectivity index (χ0n) is 11.1. The molecular formula is C13H26N2O2. The van der Waals surface area contributed by atoms with E-state index >= 15 is 0 Å². The molecular weight excluding hydrogens is 216 g/mol. The summed E-state index contributed by atoms with van der Waals surface area (Å²) in [4.78, 5) is 13.5. The highest BCUT2D eigenvalue weighted by Gasteiger charge is 2.29. The number of carbonyl (C=O) groups is 1. The fourth-order valence-electron chi connectivity index (χ4n) is 2.13. The number of aliphatic carboxylic acids is 1. The van der Waals surface area contributed by atoms with Crippen LogP contribution >= 0.6 is 0 Å². The first kappa shape index (κ1) is 14.5. The molecule has 0 spiro atoms. The molecule has 1 saturated carbocycles. The lowest BCUT2D eigenvalue weighted by atomic mass is 10.2. The summed E-state index contributed by atoms with van der Waals surface area (Å²) in [5.41, 5.74) is 0. The van der Waals surface area contributed by atoms with Crippen LogP contribution in [0.4, 0.5) is 0 Å². The first-order valence-electron chi connectivity index (χ1n) is 6.89. The van der Waals surface area contributed by atoms with E-state index in [1.165, 1.54) is 12.8 Å². The van der Waals surface area contributed by atoms with E-state index in [1.54, 1.807) is 0 Å². The van der Waals surface area contributed by atoms with Gasteiger partial charge in [0.15, 0.2) is 0 Å². The Hall–Kier alpha value is -0.610. The van der Waals surface area contributed by atoms with Crippen molar-refractivity contribution in [3.05, 3.63) is 0 Å². The highest BCUT2D eigenvalue weighted by Crippen LogP contribution is 2.27. The summed E-state index contributed by atoms with van der Waals surface area (Å²) in [6.07, 6.45) is 5.42. The van der Waals surface area contributed by atoms with Gasteiger partial charge in [-0.2, -0.15) is 0 Å². The first-order chi connectivity index (χ1) is 8.19. The van der Waals surface area contributed by atoms with Crippen LogP contribution in [0.3, 0.4) is 0 Å². The number of hydrogen-bond donors (Lipinski definition) is 2. The molecule has 1 fully saturated rings. The Morgan fingerprint density at radius 3 is 2.53 bits per heavy atom. The third-order valence-electron chi connectivity index (χ3n) is 3.22. The monoisotopic (exact) mass is 242 g/mol. The summed E-state index contributed by atoms with van der Waals surface area (Å²) in [6.45, 7) is 7.03. The van der Waals surface area contributed by atoms with Crippen LogP contribution in [0, 0.1) is 0 Å². The normalized spacial score (nSPS) is 17.4. The van der Waals surface area contributed by atoms with Crippen molar-refractivity contribution in [3.8, 4) is 0 Å². The van der Waals surface area contributed by atoms with Crippen molar-refractivity contribution >= 4 is 5.97 Å². The second kappa shape index (κ2) is 7.67. The summed E-state index contributed by atoms with van der Waals surface area (Å²) in [5.74, 6) is -0.717. The second-order valence-corrected chi connectivity index (χ2v) is 4.90. The molecule has 100 valence electrons. The van der Waals surface area contributed by atoms with Crippen molar-refractivity contribution < 1.29 is 9.90 Å². The summed E-state index contributed by atoms with van der Waals surface area (Å²) in [5, 5.41) is 12.2. The highest BCUT2D eigenvalue weighted by atomic mass is 16.4. The van der Waals surface area contributed by atoms with Gasteiger partial charge in [-0.3, -0.25) is 4.79 Å². The number of nitrogens with zero attached hydrogens (tertiary/aromatic N) is 1. The van der Waals surface area contributed by atoms with Gasteiger partial charge in [-0.05, 0) is 45.2 Å². The summed E-state index contributed by atoms with van der Waals surface area (Å²) < 4.78 is 0. The Balaban J connectivity index is 2.30. The molecule has 0 aromatic carbocycles. The van der Waals surface area contributed by atoms with Crippen LogP contribution in [0.15, 0.2) is 0 Å². The molecule has 0 aromatic rings. The van der Waals surface area contributed by atoms with E-state index in [0.29, 0.717) is 6.42 Å². The molecule has 1 aliphatic carbocycles. The van der Waals surface area contributed by atoms with E-state index < -0.39 is 5.97 Å². The quantitative estimate of drug-likeness (QED) is 0.612. The van der Waals surface area contributed by atoms with Crippen molar-refractivity contribution in [2.45, 2.75) is 58.0 Å². The SMILES string of the molecule is CCCNC(CCN(CCC)C1CC1)C(=O)O. The maximum Gasteiger partial charge on any atom is 0.320 e. The third-order valence-corrected chi connectivity index (χ3v) is 3.22. The molecule has 0 saturated heterocycles. The molecule has 0 amide bonds. The van der Waals surface area contributed by atoms with Gasteiger partial charge >= 0.3 is 5.97 Å². The third kappa shape index (κ3) is 5.50. The van der Waals surface area contributed by atoms with Crippen LogP contribution < -0.4 is 5.32 Å². The van der Waals surface area contributed by atoms with Crippen LogP contribution in [0.25, 0.3) is 0 Å². The summed E-state index contributed by atoms with van der Waals surface area (Å²) in [6, 6.07) is 0.351. The van der Waals surface area contributed by atoms with E-state index in [-0.39, 0.29) is 6.04 Å². The lowest BCUT2D eigenvalue weighted by molar-refractivity contribution is -0.139. The predicted octanol–water partition coefficient (Wildman–Crippen LogP) is 1.70. The average molecular weight is 242 g/mol. The lowest BCUT2D eigenvalue weighted by Gasteiger charge is -2.23. The van der Waals surface area contributed by atoms with Gasteiger partial charge in [0.1, 0.15) is 6.04 Å². The van der Waals surface area contributed by atoms with E-state index in [2.05, 4.69) is 24.1 Å². The Bertz CT molecular complexity index is 229. The van der Waals surface area contributed by atoms with E-state index in [0.717, 1.165) is 38.5 Å². The standard InChI is InChI=1S/C13H26N2O2/c1-3-8-14-12(13(16)17)7-10-15(9-4-2)11-5-6-11/h11-12,14H,3-10H2,1-2H3,(H,16,17). The van der Waals surface area contributed by atoms with Crippen LogP contribution in [-0.2, 0) is 4.79 Å². The maximum atomic E-state index is 11.1. The van der Waals surface area contributed by atoms with Gasteiger partial charge in [0.25, 0.3) is 0 Å². The van der Waals surface area contributed by atoms with Gasteiger partial charge in [0.05, 0.1) is 0 Å². The zero-order valence-corrected chi connectivity index (χ0v) is 11.1. The molecule has 0 bridgehead atoms. The summed E-state index contributed by atoms with van der Waals surface area (Å²) >= 11 is 0.